The van der Waals surface area contributed by atoms with Crippen molar-refractivity contribution in [2.45, 2.75) is 32.0 Å². The van der Waals surface area contributed by atoms with E-state index in [1.165, 1.54) is 15.9 Å². The number of carbonyl (C=O) groups is 1. The molecular weight excluding hydrogens is 545 g/mol. The minimum absolute atomic E-state index is 0.0277. The van der Waals surface area contributed by atoms with E-state index in [1.807, 2.05) is 0 Å². The maximum atomic E-state index is 15.1. The summed E-state index contributed by atoms with van der Waals surface area (Å²) in [6.45, 7) is 7.11. The number of halogens is 3. The lowest BCUT2D eigenvalue weighted by atomic mass is 10.0. The number of anilines is 4. The Morgan fingerprint density at radius 1 is 1.10 bits per heavy atom. The third-order valence-electron chi connectivity index (χ3n) is 6.85. The van der Waals surface area contributed by atoms with Crippen LogP contribution in [-0.4, -0.2) is 63.7 Å². The van der Waals surface area contributed by atoms with Crippen molar-refractivity contribution in [3.63, 3.8) is 0 Å². The molecule has 218 valence electrons. The van der Waals surface area contributed by atoms with E-state index >= 15 is 8.78 Å². The summed E-state index contributed by atoms with van der Waals surface area (Å²) in [4.78, 5) is 23.3. The number of alkyl halides is 2. The van der Waals surface area contributed by atoms with Crippen LogP contribution in [0.25, 0.3) is 22.0 Å². The zero-order chi connectivity index (χ0) is 30.0. The molecule has 0 radical (unpaired) electrons. The second-order valence-corrected chi connectivity index (χ2v) is 10.7. The molecule has 0 bridgehead atoms. The van der Waals surface area contributed by atoms with Gasteiger partial charge in [-0.1, -0.05) is 18.7 Å². The van der Waals surface area contributed by atoms with Gasteiger partial charge in [-0.3, -0.25) is 9.69 Å². The van der Waals surface area contributed by atoms with E-state index in [9.17, 15) is 14.3 Å². The van der Waals surface area contributed by atoms with Gasteiger partial charge in [0.15, 0.2) is 0 Å². The Hall–Kier alpha value is -4.48. The summed E-state index contributed by atoms with van der Waals surface area (Å²) in [6, 6.07) is 16.4. The molecule has 1 aromatic heterocycles. The first-order valence-electron chi connectivity index (χ1n) is 13.4. The van der Waals surface area contributed by atoms with E-state index in [0.717, 1.165) is 6.08 Å². The van der Waals surface area contributed by atoms with Crippen molar-refractivity contribution >= 4 is 39.8 Å². The van der Waals surface area contributed by atoms with Crippen molar-refractivity contribution in [2.24, 2.45) is 0 Å². The lowest BCUT2D eigenvalue weighted by molar-refractivity contribution is -0.111. The zero-order valence-corrected chi connectivity index (χ0v) is 23.2. The number of β-amino-alcohol motifs (C(OH)–C–C–N with tert-alkyl or cyclic N) is 1. The molecule has 2 unspecified atom stereocenters. The second-order valence-electron chi connectivity index (χ2n) is 10.7. The summed E-state index contributed by atoms with van der Waals surface area (Å²) in [5.74, 6) is -0.658. The van der Waals surface area contributed by atoms with Gasteiger partial charge in [0.1, 0.15) is 5.82 Å². The summed E-state index contributed by atoms with van der Waals surface area (Å²) in [6.07, 6.45) is -1.03. The number of nitrogens with one attached hydrogen (secondary N) is 2. The highest BCUT2D eigenvalue weighted by Crippen LogP contribution is 2.33. The molecule has 3 N–H and O–H groups in total. The minimum Gasteiger partial charge on any atom is -0.389 e. The van der Waals surface area contributed by atoms with Crippen LogP contribution in [0.3, 0.4) is 0 Å². The molecule has 1 aliphatic rings. The number of fused-ring (bicyclic) bond motifs is 1. The van der Waals surface area contributed by atoms with E-state index in [0.29, 0.717) is 33.5 Å². The molecule has 0 saturated carbocycles. The normalized spacial score (nSPS) is 17.7. The fourth-order valence-corrected chi connectivity index (χ4v) is 4.96. The van der Waals surface area contributed by atoms with Crippen molar-refractivity contribution in [3.05, 3.63) is 85.3 Å². The molecule has 1 fully saturated rings. The number of rotatable bonds is 8. The van der Waals surface area contributed by atoms with Gasteiger partial charge in [0, 0.05) is 53.8 Å². The van der Waals surface area contributed by atoms with Crippen LogP contribution in [0, 0.1) is 5.82 Å². The van der Waals surface area contributed by atoms with Gasteiger partial charge in [-0.2, -0.15) is 0 Å². The summed E-state index contributed by atoms with van der Waals surface area (Å²) >= 11 is 0. The number of aliphatic hydroxyl groups is 1. The van der Waals surface area contributed by atoms with Gasteiger partial charge in [-0.25, -0.2) is 23.1 Å². The van der Waals surface area contributed by atoms with Gasteiger partial charge >= 0.3 is 0 Å². The molecule has 1 amide bonds. The molecule has 3 aromatic carbocycles. The molecular formula is C31H31F3N6O2. The van der Waals surface area contributed by atoms with Gasteiger partial charge in [0.2, 0.25) is 24.4 Å². The Labute approximate surface area is 241 Å². The molecule has 0 spiro atoms. The Kier molecular flexibility index (Phi) is 8.15. The quantitative estimate of drug-likeness (QED) is 0.181. The van der Waals surface area contributed by atoms with E-state index in [-0.39, 0.29) is 37.1 Å². The van der Waals surface area contributed by atoms with Crippen LogP contribution in [-0.2, 0) is 4.79 Å². The number of piperazine rings is 1. The zero-order valence-electron chi connectivity index (χ0n) is 23.2. The highest BCUT2D eigenvalue weighted by molar-refractivity contribution is 6.00. The molecule has 2 heterocycles. The first-order chi connectivity index (χ1) is 20.0. The van der Waals surface area contributed by atoms with Crippen LogP contribution < -0.4 is 15.5 Å². The van der Waals surface area contributed by atoms with Crippen LogP contribution >= 0.6 is 0 Å². The van der Waals surface area contributed by atoms with Crippen molar-refractivity contribution in [2.75, 3.05) is 35.2 Å². The SMILES string of the molecule is C=CC(=O)Nc1cccc(-c2c(F)ccc3cnc(Nc4ccc(N5CCN(CC(C)(C)O)C(F)C5F)cc4)nc23)c1. The summed E-state index contributed by atoms with van der Waals surface area (Å²) in [5.41, 5.74) is 1.59. The van der Waals surface area contributed by atoms with Crippen molar-refractivity contribution < 1.29 is 23.1 Å². The topological polar surface area (TPSA) is 93.6 Å². The van der Waals surface area contributed by atoms with E-state index in [1.54, 1.807) is 74.6 Å². The molecule has 1 aliphatic heterocycles. The lowest BCUT2D eigenvalue weighted by Gasteiger charge is -2.42. The first-order valence-corrected chi connectivity index (χ1v) is 13.4. The van der Waals surface area contributed by atoms with Crippen molar-refractivity contribution in [1.29, 1.82) is 0 Å². The predicted molar refractivity (Wildman–Crippen MR) is 158 cm³/mol. The molecule has 2 atom stereocenters. The smallest absolute Gasteiger partial charge is 0.247 e. The van der Waals surface area contributed by atoms with Crippen LogP contribution in [0.1, 0.15) is 13.8 Å². The number of carbonyl (C=O) groups excluding carboxylic acids is 1. The fraction of sp³-hybridized carbons (Fsp3) is 0.258. The number of benzene rings is 3. The van der Waals surface area contributed by atoms with Crippen molar-refractivity contribution in [1.82, 2.24) is 14.9 Å². The predicted octanol–water partition coefficient (Wildman–Crippen LogP) is 5.79. The minimum atomic E-state index is -1.89. The van der Waals surface area contributed by atoms with Crippen LogP contribution in [0.5, 0.6) is 0 Å². The largest absolute Gasteiger partial charge is 0.389 e. The monoisotopic (exact) mass is 576 g/mol. The van der Waals surface area contributed by atoms with Crippen LogP contribution in [0.4, 0.5) is 36.2 Å². The Morgan fingerprint density at radius 3 is 2.57 bits per heavy atom. The Morgan fingerprint density at radius 2 is 1.86 bits per heavy atom. The van der Waals surface area contributed by atoms with Gasteiger partial charge in [0.25, 0.3) is 0 Å². The number of amides is 1. The summed E-state index contributed by atoms with van der Waals surface area (Å²) < 4.78 is 44.9. The maximum absolute atomic E-state index is 15.1. The van der Waals surface area contributed by atoms with E-state index < -0.39 is 24.0 Å². The molecule has 0 aliphatic carbocycles. The van der Waals surface area contributed by atoms with Gasteiger partial charge in [0.05, 0.1) is 11.1 Å². The van der Waals surface area contributed by atoms with Gasteiger partial charge < -0.3 is 20.6 Å². The lowest BCUT2D eigenvalue weighted by Crippen LogP contribution is -2.58. The van der Waals surface area contributed by atoms with Gasteiger partial charge in [-0.05, 0) is 74.0 Å². The molecule has 8 nitrogen and oxygen atoms in total. The number of nitrogens with zero attached hydrogens (tertiary/aromatic N) is 4. The summed E-state index contributed by atoms with van der Waals surface area (Å²) in [7, 11) is 0. The molecule has 42 heavy (non-hydrogen) atoms. The number of hydrogen-bond acceptors (Lipinski definition) is 7. The average molecular weight is 577 g/mol. The maximum Gasteiger partial charge on any atom is 0.247 e. The average Bonchev–Trinajstić information content (AvgIpc) is 2.95. The molecule has 4 aromatic rings. The molecule has 1 saturated heterocycles. The Balaban J connectivity index is 1.36. The van der Waals surface area contributed by atoms with Crippen LogP contribution in [0.2, 0.25) is 0 Å². The van der Waals surface area contributed by atoms with E-state index in [2.05, 4.69) is 27.2 Å². The standard InChI is InChI=1S/C31H31F3N6O2/c1-4-25(41)36-22-7-5-6-19(16-22)26-24(32)13-8-20-17-35-30(38-27(20)26)37-21-9-11-23(12-10-21)40-15-14-39(18-31(2,3)42)28(33)29(40)34/h4-13,16-17,28-29,42H,1,14-15,18H2,2-3H3,(H,36,41)(H,35,37,38). The second kappa shape index (κ2) is 11.8. The summed E-state index contributed by atoms with van der Waals surface area (Å²) in [5, 5.41) is 16.4. The van der Waals surface area contributed by atoms with Crippen LogP contribution in [0.15, 0.2) is 79.5 Å². The molecule has 5 rings (SSSR count). The molecule has 11 heteroatoms. The third kappa shape index (κ3) is 6.37. The highest BCUT2D eigenvalue weighted by atomic mass is 19.2. The van der Waals surface area contributed by atoms with E-state index in [4.69, 9.17) is 0 Å². The first kappa shape index (κ1) is 29.0. The number of aromatic nitrogens is 2. The third-order valence-corrected chi connectivity index (χ3v) is 6.85. The Bertz CT molecular complexity index is 1610. The highest BCUT2D eigenvalue weighted by Gasteiger charge is 2.39. The fourth-order valence-electron chi connectivity index (χ4n) is 4.96. The number of hydrogen-bond donors (Lipinski definition) is 3. The van der Waals surface area contributed by atoms with Gasteiger partial charge in [-0.15, -0.1) is 0 Å². The van der Waals surface area contributed by atoms with Crippen molar-refractivity contribution in [3.8, 4) is 11.1 Å².